The van der Waals surface area contributed by atoms with Crippen molar-refractivity contribution in [3.05, 3.63) is 39.9 Å². The molecule has 2 spiro atoms. The highest BCUT2D eigenvalue weighted by molar-refractivity contribution is 7.08. The van der Waals surface area contributed by atoms with Crippen molar-refractivity contribution in [1.82, 2.24) is 14.5 Å². The lowest BCUT2D eigenvalue weighted by Crippen LogP contribution is -2.57. The van der Waals surface area contributed by atoms with Crippen LogP contribution in [0.3, 0.4) is 0 Å². The zero-order chi connectivity index (χ0) is 21.0. The first-order valence-corrected chi connectivity index (χ1v) is 12.7. The predicted octanol–water partition coefficient (Wildman–Crippen LogP) is 4.34. The number of aromatic nitrogens is 2. The van der Waals surface area contributed by atoms with Gasteiger partial charge in [-0.15, -0.1) is 5.10 Å². The van der Waals surface area contributed by atoms with Crippen LogP contribution in [0.4, 0.5) is 5.69 Å². The summed E-state index contributed by atoms with van der Waals surface area (Å²) in [5.74, 6) is 2.15. The van der Waals surface area contributed by atoms with Crippen LogP contribution in [0.25, 0.3) is 0 Å². The van der Waals surface area contributed by atoms with Gasteiger partial charge in [-0.25, -0.2) is 0 Å². The van der Waals surface area contributed by atoms with Crippen LogP contribution >= 0.6 is 11.5 Å². The van der Waals surface area contributed by atoms with E-state index in [1.165, 1.54) is 61.4 Å². The minimum Gasteiger partial charge on any atom is -0.306 e. The van der Waals surface area contributed by atoms with Crippen molar-refractivity contribution >= 4 is 23.1 Å². The molecule has 4 unspecified atom stereocenters. The number of hydrogen-bond acceptors (Lipinski definition) is 5. The number of carbonyl (C=O) groups excluding carboxylic acids is 1. The van der Waals surface area contributed by atoms with E-state index in [0.29, 0.717) is 4.88 Å². The average Bonchev–Trinajstić information content (AvgIpc) is 3.05. The molecule has 3 heterocycles. The number of nitrogens with zero attached hydrogens (tertiary/aromatic N) is 4. The van der Waals surface area contributed by atoms with Crippen LogP contribution in [0, 0.1) is 31.1 Å². The monoisotopic (exact) mass is 434 g/mol. The van der Waals surface area contributed by atoms with Gasteiger partial charge in [-0.05, 0) is 106 Å². The Balaban J connectivity index is 1.15. The molecule has 3 saturated carbocycles. The number of benzene rings is 1. The Morgan fingerprint density at radius 3 is 2.71 bits per heavy atom. The second-order valence-corrected chi connectivity index (χ2v) is 11.8. The molecule has 6 heteroatoms. The largest absolute Gasteiger partial charge is 0.306 e. The molecule has 7 rings (SSSR count). The summed E-state index contributed by atoms with van der Waals surface area (Å²) >= 11 is 1.22. The predicted molar refractivity (Wildman–Crippen MR) is 122 cm³/mol. The maximum Gasteiger partial charge on any atom is 0.271 e. The van der Waals surface area contributed by atoms with Gasteiger partial charge in [-0.1, -0.05) is 22.2 Å². The van der Waals surface area contributed by atoms with Crippen LogP contribution in [-0.2, 0) is 5.41 Å². The van der Waals surface area contributed by atoms with Gasteiger partial charge in [-0.3, -0.25) is 4.79 Å². The fraction of sp³-hybridized carbons (Fsp3) is 0.640. The van der Waals surface area contributed by atoms with Gasteiger partial charge in [0.1, 0.15) is 4.88 Å². The molecule has 3 aliphatic carbocycles. The summed E-state index contributed by atoms with van der Waals surface area (Å²) in [6, 6.07) is 7.49. The van der Waals surface area contributed by atoms with Crippen molar-refractivity contribution in [1.29, 1.82) is 0 Å². The van der Waals surface area contributed by atoms with Crippen molar-refractivity contribution < 1.29 is 4.79 Å². The molecule has 0 radical (unpaired) electrons. The third-order valence-electron chi connectivity index (χ3n) is 9.69. The zero-order valence-electron chi connectivity index (χ0n) is 18.4. The normalized spacial score (nSPS) is 34.9. The van der Waals surface area contributed by atoms with E-state index >= 15 is 0 Å². The number of amides is 1. The Labute approximate surface area is 188 Å². The second-order valence-electron chi connectivity index (χ2n) is 11.0. The number of rotatable bonds is 2. The van der Waals surface area contributed by atoms with Gasteiger partial charge in [0, 0.05) is 23.7 Å². The number of anilines is 1. The average molecular weight is 435 g/mol. The van der Waals surface area contributed by atoms with Gasteiger partial charge >= 0.3 is 0 Å². The number of carbonyl (C=O) groups is 1. The molecule has 4 atom stereocenters. The summed E-state index contributed by atoms with van der Waals surface area (Å²) in [4.78, 5) is 19.0. The fourth-order valence-electron chi connectivity index (χ4n) is 7.87. The molecular weight excluding hydrogens is 404 g/mol. The topological polar surface area (TPSA) is 49.3 Å². The number of fused-ring (bicyclic) bond motifs is 2. The van der Waals surface area contributed by atoms with Gasteiger partial charge in [0.15, 0.2) is 0 Å². The highest BCUT2D eigenvalue weighted by atomic mass is 32.1. The third kappa shape index (κ3) is 2.44. The van der Waals surface area contributed by atoms with Crippen LogP contribution in [0.1, 0.15) is 65.0 Å². The standard InChI is InChI=1S/C25H30N4OS/c1-15-3-6-20-19(11-15)24(14-29(20)23(30)22-16(2)26-27-31-22)7-9-28(10-8-24)21-13-25-12-17(25)4-5-18(21)25/h3,6,11,17-18,21H,4-5,7-10,12-14H2,1-2H3. The maximum absolute atomic E-state index is 13.4. The van der Waals surface area contributed by atoms with E-state index in [2.05, 4.69) is 39.6 Å². The molecule has 4 fully saturated rings. The molecule has 31 heavy (non-hydrogen) atoms. The Kier molecular flexibility index (Phi) is 3.73. The maximum atomic E-state index is 13.4. The quantitative estimate of drug-likeness (QED) is 0.706. The molecule has 0 bridgehead atoms. The molecule has 5 aliphatic rings. The number of hydrogen-bond donors (Lipinski definition) is 0. The van der Waals surface area contributed by atoms with Gasteiger partial charge in [0.05, 0.1) is 5.69 Å². The molecular formula is C25H30N4OS. The van der Waals surface area contributed by atoms with E-state index in [4.69, 9.17) is 0 Å². The summed E-state index contributed by atoms with van der Waals surface area (Å²) < 4.78 is 4.01. The van der Waals surface area contributed by atoms with Crippen LogP contribution in [0.2, 0.25) is 0 Å². The zero-order valence-corrected chi connectivity index (χ0v) is 19.2. The summed E-state index contributed by atoms with van der Waals surface area (Å²) in [6.07, 6.45) is 8.28. The Morgan fingerprint density at radius 2 is 2.00 bits per heavy atom. The Bertz CT molecular complexity index is 1080. The molecule has 1 aromatic heterocycles. The molecule has 162 valence electrons. The van der Waals surface area contributed by atoms with E-state index < -0.39 is 0 Å². The minimum atomic E-state index is 0.0728. The van der Waals surface area contributed by atoms with Gasteiger partial charge < -0.3 is 9.80 Å². The highest BCUT2D eigenvalue weighted by Crippen LogP contribution is 2.76. The molecule has 5 nitrogen and oxygen atoms in total. The van der Waals surface area contributed by atoms with Crippen LogP contribution in [-0.4, -0.2) is 46.1 Å². The van der Waals surface area contributed by atoms with E-state index in [9.17, 15) is 4.79 Å². The number of piperidine rings is 1. The van der Waals surface area contributed by atoms with Crippen molar-refractivity contribution in [3.8, 4) is 0 Å². The van der Waals surface area contributed by atoms with Gasteiger partial charge in [0.25, 0.3) is 5.91 Å². The highest BCUT2D eigenvalue weighted by Gasteiger charge is 2.71. The van der Waals surface area contributed by atoms with Gasteiger partial charge in [-0.2, -0.15) is 0 Å². The van der Waals surface area contributed by atoms with Crippen molar-refractivity contribution in [2.24, 2.45) is 17.3 Å². The van der Waals surface area contributed by atoms with E-state index in [1.807, 2.05) is 11.8 Å². The second kappa shape index (κ2) is 6.16. The summed E-state index contributed by atoms with van der Waals surface area (Å²) in [6.45, 7) is 7.22. The minimum absolute atomic E-state index is 0.0728. The molecule has 1 saturated heterocycles. The van der Waals surface area contributed by atoms with Gasteiger partial charge in [0.2, 0.25) is 0 Å². The van der Waals surface area contributed by atoms with E-state index in [-0.39, 0.29) is 11.3 Å². The summed E-state index contributed by atoms with van der Waals surface area (Å²) in [5.41, 5.74) is 5.42. The van der Waals surface area contributed by atoms with E-state index in [0.717, 1.165) is 54.1 Å². The number of likely N-dealkylation sites (tertiary alicyclic amines) is 1. The first kappa shape index (κ1) is 18.8. The molecule has 0 N–H and O–H groups in total. The van der Waals surface area contributed by atoms with Crippen molar-refractivity contribution in [2.45, 2.75) is 63.8 Å². The lowest BCUT2D eigenvalue weighted by Gasteiger charge is -2.53. The SMILES string of the molecule is Cc1ccc2c(c1)C1(CCN(C3CC45CC4CCC35)CC1)CN2C(=O)c1snnc1C. The van der Waals surface area contributed by atoms with Crippen molar-refractivity contribution in [2.75, 3.05) is 24.5 Å². The Morgan fingerprint density at radius 1 is 1.16 bits per heavy atom. The number of aryl methyl sites for hydroxylation is 2. The molecule has 1 amide bonds. The third-order valence-corrected chi connectivity index (χ3v) is 10.5. The van der Waals surface area contributed by atoms with Crippen LogP contribution in [0.15, 0.2) is 18.2 Å². The van der Waals surface area contributed by atoms with Crippen LogP contribution < -0.4 is 4.90 Å². The first-order chi connectivity index (χ1) is 15.0. The molecule has 1 aromatic carbocycles. The molecule has 2 aliphatic heterocycles. The van der Waals surface area contributed by atoms with Crippen LogP contribution in [0.5, 0.6) is 0 Å². The lowest BCUT2D eigenvalue weighted by molar-refractivity contribution is -0.0240. The fourth-order valence-corrected chi connectivity index (χ4v) is 8.48. The molecule has 2 aromatic rings. The smallest absolute Gasteiger partial charge is 0.271 e. The van der Waals surface area contributed by atoms with Crippen molar-refractivity contribution in [3.63, 3.8) is 0 Å². The Hall–Kier alpha value is -1.79. The summed E-state index contributed by atoms with van der Waals surface area (Å²) in [7, 11) is 0. The van der Waals surface area contributed by atoms with E-state index in [1.54, 1.807) is 0 Å². The first-order valence-electron chi connectivity index (χ1n) is 12.0. The lowest BCUT2D eigenvalue weighted by atomic mass is 9.65. The summed E-state index contributed by atoms with van der Waals surface area (Å²) in [5, 5.41) is 4.08.